The van der Waals surface area contributed by atoms with E-state index in [-0.39, 0.29) is 5.69 Å². The van der Waals surface area contributed by atoms with Gasteiger partial charge >= 0.3 is 0 Å². The minimum absolute atomic E-state index is 0.0202. The molecule has 24 heavy (non-hydrogen) atoms. The van der Waals surface area contributed by atoms with Crippen LogP contribution in [0.4, 0.5) is 5.69 Å². The van der Waals surface area contributed by atoms with Crippen molar-refractivity contribution in [1.82, 2.24) is 0 Å². The van der Waals surface area contributed by atoms with Crippen LogP contribution < -0.4 is 9.47 Å². The lowest BCUT2D eigenvalue weighted by molar-refractivity contribution is -0.385. The van der Waals surface area contributed by atoms with Gasteiger partial charge in [-0.05, 0) is 25.1 Å². The Kier molecular flexibility index (Phi) is 5.73. The molecule has 7 nitrogen and oxygen atoms in total. The van der Waals surface area contributed by atoms with Crippen LogP contribution in [0.2, 0.25) is 0 Å². The van der Waals surface area contributed by atoms with Crippen molar-refractivity contribution in [3.8, 4) is 11.5 Å². The van der Waals surface area contributed by atoms with Gasteiger partial charge in [-0.3, -0.25) is 10.1 Å². The van der Waals surface area contributed by atoms with E-state index in [2.05, 4.69) is 5.16 Å². The second-order valence-electron chi connectivity index (χ2n) is 4.95. The Hall–Kier alpha value is -3.09. The summed E-state index contributed by atoms with van der Waals surface area (Å²) < 4.78 is 10.4. The maximum Gasteiger partial charge on any atom is 0.269 e. The molecule has 126 valence electrons. The molecular formula is C17H18N2O5. The summed E-state index contributed by atoms with van der Waals surface area (Å²) in [5.41, 5.74) is 1.47. The Morgan fingerprint density at radius 1 is 1.12 bits per heavy atom. The number of methoxy groups -OCH3 is 2. The van der Waals surface area contributed by atoms with E-state index in [9.17, 15) is 10.1 Å². The van der Waals surface area contributed by atoms with Crippen LogP contribution in [0.3, 0.4) is 0 Å². The molecule has 0 aliphatic heterocycles. The Labute approximate surface area is 139 Å². The zero-order chi connectivity index (χ0) is 17.5. The lowest BCUT2D eigenvalue weighted by Crippen LogP contribution is -1.98. The standard InChI is InChI=1S/C17H18N2O5/c1-12(14-5-4-6-15(10-14)19(20)21)24-18-11-13-7-8-16(22-2)17(9-13)23-3/h4-12H,1-3H3/b18-11-/t12-/m1/s1. The topological polar surface area (TPSA) is 83.2 Å². The number of hydrogen-bond donors (Lipinski definition) is 0. The third-order valence-corrected chi connectivity index (χ3v) is 3.38. The predicted molar refractivity (Wildman–Crippen MR) is 89.7 cm³/mol. The van der Waals surface area contributed by atoms with Crippen molar-refractivity contribution in [3.63, 3.8) is 0 Å². The quantitative estimate of drug-likeness (QED) is 0.439. The van der Waals surface area contributed by atoms with Gasteiger partial charge in [0.2, 0.25) is 0 Å². The fraction of sp³-hybridized carbons (Fsp3) is 0.235. The van der Waals surface area contributed by atoms with Crippen LogP contribution in [0, 0.1) is 10.1 Å². The van der Waals surface area contributed by atoms with E-state index in [4.69, 9.17) is 14.3 Å². The molecule has 0 radical (unpaired) electrons. The maximum absolute atomic E-state index is 10.8. The smallest absolute Gasteiger partial charge is 0.269 e. The van der Waals surface area contributed by atoms with Gasteiger partial charge in [0.05, 0.1) is 25.4 Å². The number of nitro groups is 1. The number of nitrogens with zero attached hydrogens (tertiary/aromatic N) is 2. The number of rotatable bonds is 7. The van der Waals surface area contributed by atoms with E-state index < -0.39 is 11.0 Å². The van der Waals surface area contributed by atoms with Gasteiger partial charge in [-0.1, -0.05) is 17.3 Å². The summed E-state index contributed by atoms with van der Waals surface area (Å²) in [4.78, 5) is 15.7. The van der Waals surface area contributed by atoms with Crippen molar-refractivity contribution in [2.45, 2.75) is 13.0 Å². The third-order valence-electron chi connectivity index (χ3n) is 3.38. The average Bonchev–Trinajstić information content (AvgIpc) is 2.61. The number of benzene rings is 2. The van der Waals surface area contributed by atoms with Crippen molar-refractivity contribution in [2.75, 3.05) is 14.2 Å². The third kappa shape index (κ3) is 4.22. The Morgan fingerprint density at radius 2 is 1.88 bits per heavy atom. The number of ether oxygens (including phenoxy) is 2. The van der Waals surface area contributed by atoms with Crippen molar-refractivity contribution in [2.24, 2.45) is 5.16 Å². The summed E-state index contributed by atoms with van der Waals surface area (Å²) in [5.74, 6) is 1.22. The summed E-state index contributed by atoms with van der Waals surface area (Å²) in [5, 5.41) is 14.7. The molecular weight excluding hydrogens is 312 g/mol. The molecule has 0 N–H and O–H groups in total. The van der Waals surface area contributed by atoms with Crippen LogP contribution in [-0.2, 0) is 4.84 Å². The van der Waals surface area contributed by atoms with Crippen LogP contribution in [0.15, 0.2) is 47.6 Å². The fourth-order valence-corrected chi connectivity index (χ4v) is 2.07. The van der Waals surface area contributed by atoms with Crippen LogP contribution in [0.1, 0.15) is 24.2 Å². The van der Waals surface area contributed by atoms with Gasteiger partial charge in [-0.25, -0.2) is 0 Å². The second-order valence-corrected chi connectivity index (χ2v) is 4.95. The first-order valence-corrected chi connectivity index (χ1v) is 7.20. The van der Waals surface area contributed by atoms with E-state index in [0.717, 1.165) is 5.56 Å². The fourth-order valence-electron chi connectivity index (χ4n) is 2.07. The number of nitro benzene ring substituents is 1. The van der Waals surface area contributed by atoms with E-state index in [1.807, 2.05) is 6.07 Å². The monoisotopic (exact) mass is 330 g/mol. The molecule has 0 amide bonds. The molecule has 7 heteroatoms. The number of hydrogen-bond acceptors (Lipinski definition) is 6. The highest BCUT2D eigenvalue weighted by Crippen LogP contribution is 2.27. The SMILES string of the molecule is COc1ccc(/C=N\O[C@H](C)c2cccc([N+](=O)[O-])c2)cc1OC. The van der Waals surface area contributed by atoms with Crippen LogP contribution in [0.25, 0.3) is 0 Å². The molecule has 0 fully saturated rings. The summed E-state index contributed by atoms with van der Waals surface area (Å²) in [6, 6.07) is 11.6. The van der Waals surface area contributed by atoms with E-state index in [1.165, 1.54) is 18.3 Å². The van der Waals surface area contributed by atoms with Crippen LogP contribution in [-0.4, -0.2) is 25.4 Å². The molecule has 0 saturated carbocycles. The highest BCUT2D eigenvalue weighted by atomic mass is 16.6. The van der Waals surface area contributed by atoms with E-state index >= 15 is 0 Å². The average molecular weight is 330 g/mol. The normalized spacial score (nSPS) is 12.0. The molecule has 0 aliphatic rings. The van der Waals surface area contributed by atoms with Crippen molar-refractivity contribution < 1.29 is 19.2 Å². The Bertz CT molecular complexity index is 746. The first-order valence-electron chi connectivity index (χ1n) is 7.20. The molecule has 2 aromatic rings. The molecule has 0 aromatic heterocycles. The molecule has 0 bridgehead atoms. The largest absolute Gasteiger partial charge is 0.493 e. The van der Waals surface area contributed by atoms with Crippen LogP contribution >= 0.6 is 0 Å². The summed E-state index contributed by atoms with van der Waals surface area (Å²) in [6.45, 7) is 1.77. The second kappa shape index (κ2) is 7.96. The lowest BCUT2D eigenvalue weighted by Gasteiger charge is -2.10. The van der Waals surface area contributed by atoms with Gasteiger partial charge in [0.15, 0.2) is 11.5 Å². The van der Waals surface area contributed by atoms with Crippen molar-refractivity contribution >= 4 is 11.9 Å². The Morgan fingerprint density at radius 3 is 2.54 bits per heavy atom. The highest BCUT2D eigenvalue weighted by Gasteiger charge is 2.11. The number of oxime groups is 1. The molecule has 0 saturated heterocycles. The molecule has 0 aliphatic carbocycles. The molecule has 0 spiro atoms. The molecule has 2 rings (SSSR count). The van der Waals surface area contributed by atoms with Gasteiger partial charge in [0.25, 0.3) is 5.69 Å². The van der Waals surface area contributed by atoms with Crippen molar-refractivity contribution in [3.05, 3.63) is 63.7 Å². The lowest BCUT2D eigenvalue weighted by atomic mass is 10.1. The maximum atomic E-state index is 10.8. The van der Waals surface area contributed by atoms with Gasteiger partial charge in [-0.2, -0.15) is 0 Å². The van der Waals surface area contributed by atoms with Gasteiger partial charge < -0.3 is 14.3 Å². The van der Waals surface area contributed by atoms with Gasteiger partial charge in [0, 0.05) is 23.3 Å². The zero-order valence-corrected chi connectivity index (χ0v) is 13.6. The molecule has 0 heterocycles. The minimum Gasteiger partial charge on any atom is -0.493 e. The minimum atomic E-state index is -0.441. The summed E-state index contributed by atoms with van der Waals surface area (Å²) >= 11 is 0. The van der Waals surface area contributed by atoms with Crippen LogP contribution in [0.5, 0.6) is 11.5 Å². The summed E-state index contributed by atoms with van der Waals surface area (Å²) in [7, 11) is 3.12. The number of non-ortho nitro benzene ring substituents is 1. The zero-order valence-electron chi connectivity index (χ0n) is 13.6. The molecule has 2 aromatic carbocycles. The van der Waals surface area contributed by atoms with Gasteiger partial charge in [-0.15, -0.1) is 0 Å². The molecule has 0 unspecified atom stereocenters. The van der Waals surface area contributed by atoms with E-state index in [0.29, 0.717) is 17.1 Å². The van der Waals surface area contributed by atoms with Crippen molar-refractivity contribution in [1.29, 1.82) is 0 Å². The van der Waals surface area contributed by atoms with E-state index in [1.54, 1.807) is 45.4 Å². The summed E-state index contributed by atoms with van der Waals surface area (Å²) in [6.07, 6.45) is 1.12. The van der Waals surface area contributed by atoms with Gasteiger partial charge in [0.1, 0.15) is 6.10 Å². The Balaban J connectivity index is 2.05. The molecule has 1 atom stereocenters. The first-order chi connectivity index (χ1) is 11.5. The highest BCUT2D eigenvalue weighted by molar-refractivity contribution is 5.80. The predicted octanol–water partition coefficient (Wildman–Crippen LogP) is 3.72. The first kappa shape index (κ1) is 17.3.